The Morgan fingerprint density at radius 1 is 1.50 bits per heavy atom. The molecule has 0 aromatic heterocycles. The van der Waals surface area contributed by atoms with Crippen molar-refractivity contribution in [2.75, 3.05) is 0 Å². The molecule has 0 radical (unpaired) electrons. The van der Waals surface area contributed by atoms with Crippen LogP contribution in [0.25, 0.3) is 0 Å². The number of rotatable bonds is 1. The van der Waals surface area contributed by atoms with E-state index in [-0.39, 0.29) is 5.56 Å². The average Bonchev–Trinajstić information content (AvgIpc) is 2.14. The predicted octanol–water partition coefficient (Wildman–Crippen LogP) is 1.57. The molecule has 68 valence electrons. The van der Waals surface area contributed by atoms with E-state index in [4.69, 9.17) is 10.4 Å². The van der Waals surface area contributed by atoms with Crippen molar-refractivity contribution >= 4 is 5.97 Å². The van der Waals surface area contributed by atoms with Crippen molar-refractivity contribution in [3.05, 3.63) is 34.9 Å². The lowest BCUT2D eigenvalue weighted by atomic mass is 10.1. The normalized spacial score (nSPS) is 8.29. The highest BCUT2D eigenvalue weighted by molar-refractivity contribution is 5.90. The Labute approximate surface area is 81.6 Å². The van der Waals surface area contributed by atoms with Gasteiger partial charge in [-0.25, -0.2) is 4.79 Å². The number of carboxylic acid groups (broad SMARTS) is 1. The average molecular weight is 185 g/mol. The number of carbonyl (C=O) groups is 1. The molecule has 1 aromatic rings. The van der Waals surface area contributed by atoms with Gasteiger partial charge in [-0.1, -0.05) is 6.07 Å². The van der Waals surface area contributed by atoms with Gasteiger partial charge in [-0.3, -0.25) is 0 Å². The molecule has 14 heavy (non-hydrogen) atoms. The van der Waals surface area contributed by atoms with Crippen molar-refractivity contribution in [1.29, 1.82) is 5.26 Å². The maximum absolute atomic E-state index is 10.7. The molecule has 0 saturated carbocycles. The van der Waals surface area contributed by atoms with Gasteiger partial charge in [-0.05, 0) is 30.5 Å². The van der Waals surface area contributed by atoms with Crippen LogP contribution >= 0.6 is 0 Å². The molecule has 0 fully saturated rings. The fourth-order valence-corrected chi connectivity index (χ4v) is 1.04. The van der Waals surface area contributed by atoms with Crippen LogP contribution in [0.1, 0.15) is 21.5 Å². The Morgan fingerprint density at radius 2 is 2.21 bits per heavy atom. The van der Waals surface area contributed by atoms with Gasteiger partial charge in [0.15, 0.2) is 6.07 Å². The third-order valence-electron chi connectivity index (χ3n) is 1.66. The van der Waals surface area contributed by atoms with Crippen LogP contribution in [0.2, 0.25) is 0 Å². The second-order valence-electron chi connectivity index (χ2n) is 2.72. The summed E-state index contributed by atoms with van der Waals surface area (Å²) in [5.74, 6) is 3.64. The van der Waals surface area contributed by atoms with Crippen molar-refractivity contribution in [2.45, 2.75) is 6.92 Å². The molecule has 0 aliphatic carbocycles. The standard InChI is InChI=1S/C11H7NO2/c1-8-4-5-10(11(13)14)9(7-8)3-2-6-12/h4-5,7H,1H3,(H,13,14). The molecule has 0 aliphatic rings. The molecule has 0 spiro atoms. The first-order chi connectivity index (χ1) is 6.65. The van der Waals surface area contributed by atoms with Crippen molar-refractivity contribution in [2.24, 2.45) is 0 Å². The summed E-state index contributed by atoms with van der Waals surface area (Å²) in [7, 11) is 0. The van der Waals surface area contributed by atoms with Crippen LogP contribution in [0, 0.1) is 30.1 Å². The van der Waals surface area contributed by atoms with Gasteiger partial charge >= 0.3 is 5.97 Å². The second-order valence-corrected chi connectivity index (χ2v) is 2.72. The van der Waals surface area contributed by atoms with Crippen molar-refractivity contribution in [1.82, 2.24) is 0 Å². The number of nitriles is 1. The molecule has 0 unspecified atom stereocenters. The van der Waals surface area contributed by atoms with Crippen LogP contribution in [-0.2, 0) is 0 Å². The van der Waals surface area contributed by atoms with Gasteiger partial charge in [0.2, 0.25) is 0 Å². The lowest BCUT2D eigenvalue weighted by molar-refractivity contribution is 0.0696. The highest BCUT2D eigenvalue weighted by atomic mass is 16.4. The van der Waals surface area contributed by atoms with Crippen LogP contribution in [0.3, 0.4) is 0 Å². The Morgan fingerprint density at radius 3 is 2.79 bits per heavy atom. The molecule has 1 rings (SSSR count). The van der Waals surface area contributed by atoms with Gasteiger partial charge in [0.1, 0.15) is 0 Å². The van der Waals surface area contributed by atoms with E-state index in [2.05, 4.69) is 11.8 Å². The Kier molecular flexibility index (Phi) is 2.89. The van der Waals surface area contributed by atoms with E-state index < -0.39 is 5.97 Å². The van der Waals surface area contributed by atoms with Gasteiger partial charge in [0, 0.05) is 11.5 Å². The van der Waals surface area contributed by atoms with Crippen molar-refractivity contribution < 1.29 is 9.90 Å². The number of aryl methyl sites for hydroxylation is 1. The summed E-state index contributed by atoms with van der Waals surface area (Å²) < 4.78 is 0. The summed E-state index contributed by atoms with van der Waals surface area (Å²) in [6, 6.07) is 6.47. The first-order valence-electron chi connectivity index (χ1n) is 3.89. The SMILES string of the molecule is Cc1ccc(C(=O)O)c(C#CC#N)c1. The van der Waals surface area contributed by atoms with Crippen LogP contribution in [0.4, 0.5) is 0 Å². The molecule has 0 amide bonds. The summed E-state index contributed by atoms with van der Waals surface area (Å²) >= 11 is 0. The molecule has 0 atom stereocenters. The zero-order valence-corrected chi connectivity index (χ0v) is 7.53. The summed E-state index contributed by atoms with van der Waals surface area (Å²) in [6.45, 7) is 1.84. The maximum Gasteiger partial charge on any atom is 0.336 e. The molecule has 0 heterocycles. The number of benzene rings is 1. The molecule has 1 aromatic carbocycles. The monoisotopic (exact) mass is 185 g/mol. The van der Waals surface area contributed by atoms with Crippen LogP contribution in [0.5, 0.6) is 0 Å². The molecular formula is C11H7NO2. The Hall–Kier alpha value is -2.26. The van der Waals surface area contributed by atoms with Crippen molar-refractivity contribution in [3.8, 4) is 17.9 Å². The van der Waals surface area contributed by atoms with Crippen LogP contribution < -0.4 is 0 Å². The van der Waals surface area contributed by atoms with Gasteiger partial charge in [-0.15, -0.1) is 0 Å². The van der Waals surface area contributed by atoms with E-state index in [0.29, 0.717) is 5.56 Å². The fraction of sp³-hybridized carbons (Fsp3) is 0.0909. The van der Waals surface area contributed by atoms with E-state index in [9.17, 15) is 4.79 Å². The Bertz CT molecular complexity index is 472. The van der Waals surface area contributed by atoms with Crippen molar-refractivity contribution in [3.63, 3.8) is 0 Å². The minimum absolute atomic E-state index is 0.123. The first-order valence-corrected chi connectivity index (χ1v) is 3.89. The number of nitrogens with zero attached hydrogens (tertiary/aromatic N) is 1. The second kappa shape index (κ2) is 4.11. The lowest BCUT2D eigenvalue weighted by Gasteiger charge is -1.99. The van der Waals surface area contributed by atoms with E-state index in [0.717, 1.165) is 5.56 Å². The summed E-state index contributed by atoms with van der Waals surface area (Å²) in [4.78, 5) is 10.7. The predicted molar refractivity (Wildman–Crippen MR) is 50.6 cm³/mol. The summed E-state index contributed by atoms with van der Waals surface area (Å²) in [6.07, 6.45) is 0. The summed E-state index contributed by atoms with van der Waals surface area (Å²) in [5, 5.41) is 17.1. The number of hydrogen-bond donors (Lipinski definition) is 1. The van der Waals surface area contributed by atoms with Crippen LogP contribution in [-0.4, -0.2) is 11.1 Å². The minimum atomic E-state index is -1.03. The number of carboxylic acids is 1. The van der Waals surface area contributed by atoms with E-state index in [1.54, 1.807) is 18.2 Å². The van der Waals surface area contributed by atoms with Gasteiger partial charge < -0.3 is 5.11 Å². The third-order valence-corrected chi connectivity index (χ3v) is 1.66. The maximum atomic E-state index is 10.7. The lowest BCUT2D eigenvalue weighted by Crippen LogP contribution is -2.00. The fourth-order valence-electron chi connectivity index (χ4n) is 1.04. The van der Waals surface area contributed by atoms with Gasteiger partial charge in [-0.2, -0.15) is 5.26 Å². The van der Waals surface area contributed by atoms with E-state index in [1.165, 1.54) is 6.07 Å². The molecular weight excluding hydrogens is 178 g/mol. The molecule has 3 nitrogen and oxygen atoms in total. The highest BCUT2D eigenvalue weighted by Gasteiger charge is 2.07. The molecule has 3 heteroatoms. The first kappa shape index (κ1) is 9.83. The summed E-state index contributed by atoms with van der Waals surface area (Å²) in [5.41, 5.74) is 1.41. The number of hydrogen-bond acceptors (Lipinski definition) is 2. The zero-order chi connectivity index (χ0) is 10.6. The number of aromatic carboxylic acids is 1. The molecule has 1 N–H and O–H groups in total. The van der Waals surface area contributed by atoms with E-state index >= 15 is 0 Å². The van der Waals surface area contributed by atoms with Gasteiger partial charge in [0.05, 0.1) is 5.56 Å². The van der Waals surface area contributed by atoms with Gasteiger partial charge in [0.25, 0.3) is 0 Å². The topological polar surface area (TPSA) is 61.1 Å². The smallest absolute Gasteiger partial charge is 0.336 e. The van der Waals surface area contributed by atoms with E-state index in [1.807, 2.05) is 6.92 Å². The largest absolute Gasteiger partial charge is 0.478 e. The highest BCUT2D eigenvalue weighted by Crippen LogP contribution is 2.10. The van der Waals surface area contributed by atoms with Crippen LogP contribution in [0.15, 0.2) is 18.2 Å². The Balaban J connectivity index is 3.31. The molecule has 0 saturated heterocycles. The quantitative estimate of drug-likeness (QED) is 0.675. The molecule has 0 bridgehead atoms. The zero-order valence-electron chi connectivity index (χ0n) is 7.53. The molecule has 0 aliphatic heterocycles. The minimum Gasteiger partial charge on any atom is -0.478 e. The third kappa shape index (κ3) is 2.12.